The number of hydrogen-bond acceptors (Lipinski definition) is 5. The van der Waals surface area contributed by atoms with Gasteiger partial charge in [0, 0.05) is 30.8 Å². The number of non-ortho nitro benzene ring substituents is 1. The van der Waals surface area contributed by atoms with Crippen molar-refractivity contribution in [3.63, 3.8) is 0 Å². The van der Waals surface area contributed by atoms with E-state index in [-0.39, 0.29) is 5.69 Å². The molecule has 9 heteroatoms. The molecule has 2 aromatic rings. The molecule has 0 amide bonds. The van der Waals surface area contributed by atoms with Crippen molar-refractivity contribution < 1.29 is 14.4 Å². The summed E-state index contributed by atoms with van der Waals surface area (Å²) in [6.07, 6.45) is 0. The molecule has 0 aliphatic carbocycles. The van der Waals surface area contributed by atoms with Gasteiger partial charge in [-0.3, -0.25) is 10.1 Å². The highest BCUT2D eigenvalue weighted by atomic mass is 35.5. The van der Waals surface area contributed by atoms with E-state index in [1.807, 2.05) is 0 Å². The molecule has 0 spiro atoms. The minimum absolute atomic E-state index is 0.117. The molecule has 0 fully saturated rings. The minimum atomic E-state index is -0.499. The number of nitrogens with one attached hydrogen (secondary N) is 2. The average Bonchev–Trinajstić information content (AvgIpc) is 2.57. The number of nitro benzene ring substituents is 1. The number of benzene rings is 2. The number of methoxy groups -OCH3 is 1. The first-order valence-corrected chi connectivity index (χ1v) is 8.03. The first kappa shape index (κ1) is 18.9. The molecule has 132 valence electrons. The summed E-state index contributed by atoms with van der Waals surface area (Å²) < 4.78 is 10.6. The van der Waals surface area contributed by atoms with Gasteiger partial charge >= 0.3 is 0 Å². The Bertz CT molecular complexity index is 756. The second kappa shape index (κ2) is 9.16. The second-order valence-electron chi connectivity index (χ2n) is 4.90. The van der Waals surface area contributed by atoms with Crippen molar-refractivity contribution in [2.75, 3.05) is 25.6 Å². The van der Waals surface area contributed by atoms with E-state index in [0.29, 0.717) is 40.5 Å². The van der Waals surface area contributed by atoms with Gasteiger partial charge in [0.05, 0.1) is 23.3 Å². The molecule has 0 heterocycles. The third kappa shape index (κ3) is 6.18. The van der Waals surface area contributed by atoms with Gasteiger partial charge in [-0.1, -0.05) is 11.6 Å². The Hall–Kier alpha value is -2.42. The monoisotopic (exact) mass is 381 g/mol. The van der Waals surface area contributed by atoms with Crippen LogP contribution in [0.15, 0.2) is 42.5 Å². The second-order valence-corrected chi connectivity index (χ2v) is 5.75. The van der Waals surface area contributed by atoms with Crippen LogP contribution < -0.4 is 15.4 Å². The maximum atomic E-state index is 11.1. The van der Waals surface area contributed by atoms with E-state index in [4.69, 9.17) is 33.3 Å². The van der Waals surface area contributed by atoms with Gasteiger partial charge < -0.3 is 20.1 Å². The molecular weight excluding hydrogens is 366 g/mol. The lowest BCUT2D eigenvalue weighted by atomic mass is 10.2. The highest BCUT2D eigenvalue weighted by Gasteiger charge is 2.12. The van der Waals surface area contributed by atoms with Crippen LogP contribution in [0.5, 0.6) is 11.5 Å². The summed E-state index contributed by atoms with van der Waals surface area (Å²) in [6, 6.07) is 11.0. The molecule has 0 unspecified atom stereocenters. The number of nitrogens with zero attached hydrogens (tertiary/aromatic N) is 1. The number of hydrogen-bond donors (Lipinski definition) is 2. The summed E-state index contributed by atoms with van der Waals surface area (Å²) in [5.41, 5.74) is 0.321. The fourth-order valence-corrected chi connectivity index (χ4v) is 2.25. The van der Waals surface area contributed by atoms with Crippen LogP contribution in [-0.4, -0.2) is 30.3 Å². The van der Waals surface area contributed by atoms with Gasteiger partial charge in [-0.2, -0.15) is 0 Å². The van der Waals surface area contributed by atoms with Crippen molar-refractivity contribution in [3.05, 3.63) is 57.6 Å². The van der Waals surface area contributed by atoms with E-state index < -0.39 is 4.92 Å². The number of thiocarbonyl (C=S) groups is 1. The Morgan fingerprint density at radius 2 is 1.96 bits per heavy atom. The van der Waals surface area contributed by atoms with Crippen LogP contribution in [0, 0.1) is 10.1 Å². The lowest BCUT2D eigenvalue weighted by molar-refractivity contribution is -0.384. The van der Waals surface area contributed by atoms with Gasteiger partial charge in [0.2, 0.25) is 0 Å². The molecule has 2 N–H and O–H groups in total. The largest absolute Gasteiger partial charge is 0.457 e. The summed E-state index contributed by atoms with van der Waals surface area (Å²) in [4.78, 5) is 10.6. The summed E-state index contributed by atoms with van der Waals surface area (Å²) in [7, 11) is 1.58. The van der Waals surface area contributed by atoms with Crippen LogP contribution in [0.4, 0.5) is 11.4 Å². The van der Waals surface area contributed by atoms with Crippen molar-refractivity contribution in [3.8, 4) is 11.5 Å². The standard InChI is InChI=1S/C16H16ClN3O4S/c1-23-7-6-18-16(25)19-12-8-13(20(21)22)10-15(9-12)24-14-4-2-11(17)3-5-14/h2-5,8-10H,6-7H2,1H3,(H2,18,19,25). The molecule has 0 atom stereocenters. The normalized spacial score (nSPS) is 10.2. The summed E-state index contributed by atoms with van der Waals surface area (Å²) in [5.74, 6) is 0.815. The van der Waals surface area contributed by atoms with Gasteiger partial charge in [-0.25, -0.2) is 0 Å². The van der Waals surface area contributed by atoms with Crippen LogP contribution in [0.3, 0.4) is 0 Å². The molecule has 2 rings (SSSR count). The van der Waals surface area contributed by atoms with Crippen LogP contribution in [0.25, 0.3) is 0 Å². The third-order valence-corrected chi connectivity index (χ3v) is 3.50. The number of rotatable bonds is 7. The summed E-state index contributed by atoms with van der Waals surface area (Å²) in [5, 5.41) is 17.9. The molecule has 25 heavy (non-hydrogen) atoms. The fourth-order valence-electron chi connectivity index (χ4n) is 1.90. The van der Waals surface area contributed by atoms with E-state index in [2.05, 4.69) is 10.6 Å². The Balaban J connectivity index is 2.16. The van der Waals surface area contributed by atoms with E-state index >= 15 is 0 Å². The predicted molar refractivity (Wildman–Crippen MR) is 101 cm³/mol. The first-order valence-electron chi connectivity index (χ1n) is 7.24. The van der Waals surface area contributed by atoms with Crippen molar-refractivity contribution in [2.45, 2.75) is 0 Å². The van der Waals surface area contributed by atoms with E-state index in [0.717, 1.165) is 0 Å². The molecule has 0 aromatic heterocycles. The smallest absolute Gasteiger partial charge is 0.275 e. The number of halogens is 1. The Kier molecular flexibility index (Phi) is 6.93. The molecule has 0 saturated carbocycles. The molecule has 7 nitrogen and oxygen atoms in total. The lowest BCUT2D eigenvalue weighted by Gasteiger charge is -2.12. The quantitative estimate of drug-likeness (QED) is 0.325. The SMILES string of the molecule is COCCNC(=S)Nc1cc(Oc2ccc(Cl)cc2)cc([N+](=O)[O-])c1. The molecule has 0 aliphatic rings. The summed E-state index contributed by atoms with van der Waals surface area (Å²) >= 11 is 11.0. The summed E-state index contributed by atoms with van der Waals surface area (Å²) in [6.45, 7) is 1.01. The number of ether oxygens (including phenoxy) is 2. The van der Waals surface area contributed by atoms with Crippen LogP contribution >= 0.6 is 23.8 Å². The molecule has 2 aromatic carbocycles. The third-order valence-electron chi connectivity index (χ3n) is 3.00. The molecular formula is C16H16ClN3O4S. The molecule has 0 radical (unpaired) electrons. The van der Waals surface area contributed by atoms with E-state index in [1.165, 1.54) is 12.1 Å². The fraction of sp³-hybridized carbons (Fsp3) is 0.188. The zero-order chi connectivity index (χ0) is 18.2. The molecule has 0 aliphatic heterocycles. The number of nitro groups is 1. The van der Waals surface area contributed by atoms with Gasteiger partial charge in [0.25, 0.3) is 5.69 Å². The van der Waals surface area contributed by atoms with Crippen molar-refractivity contribution in [2.24, 2.45) is 0 Å². The highest BCUT2D eigenvalue weighted by molar-refractivity contribution is 7.80. The molecule has 0 saturated heterocycles. The number of anilines is 1. The maximum Gasteiger partial charge on any atom is 0.275 e. The van der Waals surface area contributed by atoms with Gasteiger partial charge in [-0.05, 0) is 36.5 Å². The zero-order valence-electron chi connectivity index (χ0n) is 13.3. The van der Waals surface area contributed by atoms with Crippen LogP contribution in [0.2, 0.25) is 5.02 Å². The average molecular weight is 382 g/mol. The van der Waals surface area contributed by atoms with Crippen LogP contribution in [-0.2, 0) is 4.74 Å². The Morgan fingerprint density at radius 1 is 1.24 bits per heavy atom. The van der Waals surface area contributed by atoms with Gasteiger partial charge in [0.15, 0.2) is 5.11 Å². The molecule has 0 bridgehead atoms. The highest BCUT2D eigenvalue weighted by Crippen LogP contribution is 2.30. The first-order chi connectivity index (χ1) is 12.0. The Morgan fingerprint density at radius 3 is 2.60 bits per heavy atom. The predicted octanol–water partition coefficient (Wildman–Crippen LogP) is 3.97. The lowest BCUT2D eigenvalue weighted by Crippen LogP contribution is -2.31. The van der Waals surface area contributed by atoms with Crippen molar-refractivity contribution in [1.29, 1.82) is 0 Å². The van der Waals surface area contributed by atoms with Gasteiger partial charge in [-0.15, -0.1) is 0 Å². The topological polar surface area (TPSA) is 85.7 Å². The zero-order valence-corrected chi connectivity index (χ0v) is 14.9. The van der Waals surface area contributed by atoms with Gasteiger partial charge in [0.1, 0.15) is 11.5 Å². The minimum Gasteiger partial charge on any atom is -0.457 e. The van der Waals surface area contributed by atoms with E-state index in [1.54, 1.807) is 37.4 Å². The van der Waals surface area contributed by atoms with Crippen LogP contribution in [0.1, 0.15) is 0 Å². The maximum absolute atomic E-state index is 11.1. The van der Waals surface area contributed by atoms with Crippen molar-refractivity contribution in [1.82, 2.24) is 5.32 Å². The Labute approximate surface area is 155 Å². The van der Waals surface area contributed by atoms with E-state index in [9.17, 15) is 10.1 Å². The van der Waals surface area contributed by atoms with Crippen molar-refractivity contribution >= 4 is 40.3 Å².